The monoisotopic (exact) mass is 287 g/mol. The lowest BCUT2D eigenvalue weighted by Gasteiger charge is -2.06. The second kappa shape index (κ2) is 7.28. The number of furan rings is 1. The van der Waals surface area contributed by atoms with Gasteiger partial charge in [-0.2, -0.15) is 0 Å². The van der Waals surface area contributed by atoms with Crippen LogP contribution in [0, 0.1) is 0 Å². The minimum Gasteiger partial charge on any atom is -0.467 e. The van der Waals surface area contributed by atoms with Crippen molar-refractivity contribution in [1.29, 1.82) is 0 Å². The Bertz CT molecular complexity index is 587. The Hall–Kier alpha value is -2.56. The third-order valence-electron chi connectivity index (χ3n) is 2.97. The van der Waals surface area contributed by atoms with Crippen LogP contribution in [-0.4, -0.2) is 18.5 Å². The zero-order valence-corrected chi connectivity index (χ0v) is 11.8. The first kappa shape index (κ1) is 14.8. The molecule has 0 atom stereocenters. The van der Waals surface area contributed by atoms with Crippen molar-refractivity contribution in [1.82, 2.24) is 5.32 Å². The number of amides is 1. The van der Waals surface area contributed by atoms with E-state index in [1.54, 1.807) is 24.3 Å². The van der Waals surface area contributed by atoms with E-state index >= 15 is 0 Å². The van der Waals surface area contributed by atoms with Crippen LogP contribution in [0.2, 0.25) is 0 Å². The van der Waals surface area contributed by atoms with Crippen molar-refractivity contribution in [3.8, 4) is 0 Å². The SMILES string of the molecule is CCc1ccc(C(=O)OCC(=O)NCc2ccco2)cc1. The van der Waals surface area contributed by atoms with Crippen LogP contribution < -0.4 is 5.32 Å². The van der Waals surface area contributed by atoms with Gasteiger partial charge in [-0.25, -0.2) is 4.79 Å². The minimum absolute atomic E-state index is 0.272. The molecule has 0 radical (unpaired) electrons. The van der Waals surface area contributed by atoms with Crippen molar-refractivity contribution in [2.45, 2.75) is 19.9 Å². The second-order valence-electron chi connectivity index (χ2n) is 4.48. The van der Waals surface area contributed by atoms with E-state index in [4.69, 9.17) is 9.15 Å². The van der Waals surface area contributed by atoms with Crippen molar-refractivity contribution in [3.05, 3.63) is 59.5 Å². The molecule has 0 aliphatic carbocycles. The van der Waals surface area contributed by atoms with E-state index in [2.05, 4.69) is 5.32 Å². The average Bonchev–Trinajstić information content (AvgIpc) is 3.04. The molecule has 2 aromatic rings. The van der Waals surface area contributed by atoms with Gasteiger partial charge in [0, 0.05) is 0 Å². The molecule has 0 saturated heterocycles. The Morgan fingerprint density at radius 2 is 1.95 bits per heavy atom. The van der Waals surface area contributed by atoms with Crippen LogP contribution in [0.15, 0.2) is 47.1 Å². The van der Waals surface area contributed by atoms with Crippen LogP contribution in [0.25, 0.3) is 0 Å². The highest BCUT2D eigenvalue weighted by Crippen LogP contribution is 2.06. The van der Waals surface area contributed by atoms with E-state index in [1.807, 2.05) is 19.1 Å². The molecular weight excluding hydrogens is 270 g/mol. The maximum atomic E-state index is 11.8. The molecule has 0 aliphatic rings. The van der Waals surface area contributed by atoms with Crippen LogP contribution in [0.3, 0.4) is 0 Å². The molecule has 1 aromatic heterocycles. The van der Waals surface area contributed by atoms with Gasteiger partial charge in [0.05, 0.1) is 18.4 Å². The molecule has 21 heavy (non-hydrogen) atoms. The number of aryl methyl sites for hydroxylation is 1. The summed E-state index contributed by atoms with van der Waals surface area (Å²) in [5, 5.41) is 2.60. The topological polar surface area (TPSA) is 68.5 Å². The van der Waals surface area contributed by atoms with Gasteiger partial charge >= 0.3 is 5.97 Å². The zero-order valence-electron chi connectivity index (χ0n) is 11.8. The van der Waals surface area contributed by atoms with E-state index in [0.717, 1.165) is 12.0 Å². The van der Waals surface area contributed by atoms with Crippen molar-refractivity contribution in [2.24, 2.45) is 0 Å². The van der Waals surface area contributed by atoms with Gasteiger partial charge in [0.1, 0.15) is 5.76 Å². The number of rotatable bonds is 6. The first-order chi connectivity index (χ1) is 10.2. The van der Waals surface area contributed by atoms with E-state index in [0.29, 0.717) is 11.3 Å². The highest BCUT2D eigenvalue weighted by atomic mass is 16.5. The Morgan fingerprint density at radius 3 is 2.57 bits per heavy atom. The van der Waals surface area contributed by atoms with Gasteiger partial charge in [0.15, 0.2) is 6.61 Å². The molecule has 2 rings (SSSR count). The maximum absolute atomic E-state index is 11.8. The van der Waals surface area contributed by atoms with Gasteiger partial charge in [-0.3, -0.25) is 4.79 Å². The summed E-state index contributed by atoms with van der Waals surface area (Å²) < 4.78 is 10.0. The molecule has 0 aliphatic heterocycles. The lowest BCUT2D eigenvalue weighted by molar-refractivity contribution is -0.124. The fourth-order valence-electron chi connectivity index (χ4n) is 1.74. The summed E-state index contributed by atoms with van der Waals surface area (Å²) in [6.07, 6.45) is 2.44. The molecule has 0 bridgehead atoms. The first-order valence-electron chi connectivity index (χ1n) is 6.74. The van der Waals surface area contributed by atoms with Gasteiger partial charge in [-0.05, 0) is 36.2 Å². The molecule has 1 N–H and O–H groups in total. The number of carbonyl (C=O) groups excluding carboxylic acids is 2. The molecule has 0 fully saturated rings. The fourth-order valence-corrected chi connectivity index (χ4v) is 1.74. The van der Waals surface area contributed by atoms with Crippen molar-refractivity contribution in [3.63, 3.8) is 0 Å². The number of nitrogens with one attached hydrogen (secondary N) is 1. The summed E-state index contributed by atoms with van der Waals surface area (Å²) in [6, 6.07) is 10.6. The van der Waals surface area contributed by atoms with Gasteiger partial charge in [-0.1, -0.05) is 19.1 Å². The first-order valence-corrected chi connectivity index (χ1v) is 6.74. The van der Waals surface area contributed by atoms with Crippen molar-refractivity contribution >= 4 is 11.9 Å². The van der Waals surface area contributed by atoms with Gasteiger partial charge in [0.2, 0.25) is 0 Å². The van der Waals surface area contributed by atoms with Crippen LogP contribution in [0.1, 0.15) is 28.6 Å². The Balaban J connectivity index is 1.76. The molecule has 110 valence electrons. The average molecular weight is 287 g/mol. The Morgan fingerprint density at radius 1 is 1.19 bits per heavy atom. The third kappa shape index (κ3) is 4.49. The van der Waals surface area contributed by atoms with Crippen molar-refractivity contribution < 1.29 is 18.7 Å². The zero-order chi connectivity index (χ0) is 15.1. The predicted octanol–water partition coefficient (Wildman–Crippen LogP) is 2.32. The van der Waals surface area contributed by atoms with E-state index < -0.39 is 5.97 Å². The van der Waals surface area contributed by atoms with Crippen LogP contribution >= 0.6 is 0 Å². The largest absolute Gasteiger partial charge is 0.467 e. The van der Waals surface area contributed by atoms with E-state index in [1.165, 1.54) is 6.26 Å². The Kier molecular flexibility index (Phi) is 5.15. The molecule has 5 nitrogen and oxygen atoms in total. The summed E-state index contributed by atoms with van der Waals surface area (Å²) in [5.74, 6) is -0.236. The molecule has 1 heterocycles. The molecule has 1 amide bonds. The normalized spacial score (nSPS) is 10.1. The van der Waals surface area contributed by atoms with Gasteiger partial charge in [-0.15, -0.1) is 0 Å². The smallest absolute Gasteiger partial charge is 0.338 e. The molecule has 5 heteroatoms. The summed E-state index contributed by atoms with van der Waals surface area (Å²) in [7, 11) is 0. The lowest BCUT2D eigenvalue weighted by atomic mass is 10.1. The summed E-state index contributed by atoms with van der Waals surface area (Å²) in [4.78, 5) is 23.3. The van der Waals surface area contributed by atoms with E-state index in [9.17, 15) is 9.59 Å². The fraction of sp³-hybridized carbons (Fsp3) is 0.250. The van der Waals surface area contributed by atoms with Gasteiger partial charge < -0.3 is 14.5 Å². The number of hydrogen-bond donors (Lipinski definition) is 1. The van der Waals surface area contributed by atoms with Crippen molar-refractivity contribution in [2.75, 3.05) is 6.61 Å². The van der Waals surface area contributed by atoms with Gasteiger partial charge in [0.25, 0.3) is 5.91 Å². The molecular formula is C16H17NO4. The quantitative estimate of drug-likeness (QED) is 0.828. The second-order valence-corrected chi connectivity index (χ2v) is 4.48. The van der Waals surface area contributed by atoms with Crippen LogP contribution in [-0.2, 0) is 22.5 Å². The number of benzene rings is 1. The summed E-state index contributed by atoms with van der Waals surface area (Å²) in [6.45, 7) is 2.00. The predicted molar refractivity (Wildman–Crippen MR) is 76.7 cm³/mol. The summed E-state index contributed by atoms with van der Waals surface area (Å²) >= 11 is 0. The standard InChI is InChI=1S/C16H17NO4/c1-2-12-5-7-13(8-6-12)16(19)21-11-15(18)17-10-14-4-3-9-20-14/h3-9H,2,10-11H2,1H3,(H,17,18). The molecule has 0 spiro atoms. The summed E-state index contributed by atoms with van der Waals surface area (Å²) in [5.41, 5.74) is 1.58. The lowest BCUT2D eigenvalue weighted by Crippen LogP contribution is -2.28. The maximum Gasteiger partial charge on any atom is 0.338 e. The van der Waals surface area contributed by atoms with E-state index in [-0.39, 0.29) is 19.1 Å². The number of ether oxygens (including phenoxy) is 1. The molecule has 0 unspecified atom stereocenters. The number of esters is 1. The molecule has 0 saturated carbocycles. The van der Waals surface area contributed by atoms with Crippen LogP contribution in [0.5, 0.6) is 0 Å². The highest BCUT2D eigenvalue weighted by Gasteiger charge is 2.10. The number of carbonyl (C=O) groups is 2. The highest BCUT2D eigenvalue weighted by molar-refractivity contribution is 5.91. The molecule has 1 aromatic carbocycles. The Labute approximate surface area is 122 Å². The van der Waals surface area contributed by atoms with Crippen LogP contribution in [0.4, 0.5) is 0 Å². The number of hydrogen-bond acceptors (Lipinski definition) is 4. The minimum atomic E-state index is -0.509. The third-order valence-corrected chi connectivity index (χ3v) is 2.97.